The molecule has 1 aliphatic rings. The summed E-state index contributed by atoms with van der Waals surface area (Å²) in [5.41, 5.74) is 2.84. The molecule has 2 aromatic rings. The summed E-state index contributed by atoms with van der Waals surface area (Å²) in [6.07, 6.45) is -0.158. The maximum Gasteiger partial charge on any atom is 0.123 e. The highest BCUT2D eigenvalue weighted by Gasteiger charge is 2.44. The third-order valence-corrected chi connectivity index (χ3v) is 4.38. The van der Waals surface area contributed by atoms with E-state index in [1.807, 2.05) is 18.2 Å². The van der Waals surface area contributed by atoms with Crippen molar-refractivity contribution in [3.63, 3.8) is 0 Å². The molecule has 0 fully saturated rings. The minimum absolute atomic E-state index is 0.113. The van der Waals surface area contributed by atoms with Crippen LogP contribution in [-0.4, -0.2) is 7.11 Å². The van der Waals surface area contributed by atoms with Crippen LogP contribution in [-0.2, 0) is 4.74 Å². The summed E-state index contributed by atoms with van der Waals surface area (Å²) >= 11 is 0. The molecule has 2 unspecified atom stereocenters. The Labute approximate surface area is 125 Å². The largest absolute Gasteiger partial charge is 0.377 e. The molecule has 3 heteroatoms. The van der Waals surface area contributed by atoms with Gasteiger partial charge >= 0.3 is 0 Å². The van der Waals surface area contributed by atoms with E-state index in [1.165, 1.54) is 11.6 Å². The Morgan fingerprint density at radius 3 is 2.48 bits per heavy atom. The van der Waals surface area contributed by atoms with Gasteiger partial charge in [0.25, 0.3) is 0 Å². The van der Waals surface area contributed by atoms with Crippen LogP contribution in [0.3, 0.4) is 0 Å². The molecule has 0 radical (unpaired) electrons. The van der Waals surface area contributed by atoms with Crippen LogP contribution in [0.15, 0.2) is 48.5 Å². The van der Waals surface area contributed by atoms with Gasteiger partial charge in [0.15, 0.2) is 0 Å². The van der Waals surface area contributed by atoms with Crippen LogP contribution in [0.1, 0.15) is 37.1 Å². The summed E-state index contributed by atoms with van der Waals surface area (Å²) in [6.45, 7) is 4.30. The van der Waals surface area contributed by atoms with Crippen molar-refractivity contribution in [1.82, 2.24) is 0 Å². The molecular formula is C18H20FNO. The van der Waals surface area contributed by atoms with Gasteiger partial charge < -0.3 is 10.1 Å². The molecule has 1 aliphatic heterocycles. The van der Waals surface area contributed by atoms with Gasteiger partial charge in [-0.15, -0.1) is 0 Å². The van der Waals surface area contributed by atoms with E-state index < -0.39 is 0 Å². The quantitative estimate of drug-likeness (QED) is 0.863. The Balaban J connectivity index is 2.11. The van der Waals surface area contributed by atoms with Crippen molar-refractivity contribution in [2.24, 2.45) is 5.41 Å². The molecule has 3 rings (SSSR count). The predicted molar refractivity (Wildman–Crippen MR) is 82.7 cm³/mol. The summed E-state index contributed by atoms with van der Waals surface area (Å²) in [6, 6.07) is 15.3. The molecule has 0 saturated heterocycles. The first-order valence-corrected chi connectivity index (χ1v) is 7.18. The lowest BCUT2D eigenvalue weighted by Gasteiger charge is -2.46. The van der Waals surface area contributed by atoms with Crippen LogP contribution >= 0.6 is 0 Å². The number of ether oxygens (including phenoxy) is 1. The van der Waals surface area contributed by atoms with E-state index >= 15 is 0 Å². The first kappa shape index (κ1) is 14.1. The predicted octanol–water partition coefficient (Wildman–Crippen LogP) is 4.71. The van der Waals surface area contributed by atoms with Crippen LogP contribution in [0.5, 0.6) is 0 Å². The zero-order valence-electron chi connectivity index (χ0n) is 12.6. The third-order valence-electron chi connectivity index (χ3n) is 4.38. The van der Waals surface area contributed by atoms with E-state index in [-0.39, 0.29) is 23.4 Å². The Bertz CT molecular complexity index is 639. The smallest absolute Gasteiger partial charge is 0.123 e. The number of fused-ring (bicyclic) bond motifs is 1. The number of nitrogens with one attached hydrogen (secondary N) is 1. The molecule has 2 aromatic carbocycles. The molecule has 0 aliphatic carbocycles. The molecule has 0 bridgehead atoms. The van der Waals surface area contributed by atoms with Crippen LogP contribution in [0.4, 0.5) is 10.1 Å². The number of hydrogen-bond acceptors (Lipinski definition) is 2. The zero-order valence-corrected chi connectivity index (χ0v) is 12.6. The van der Waals surface area contributed by atoms with Crippen molar-refractivity contribution < 1.29 is 9.13 Å². The van der Waals surface area contributed by atoms with E-state index in [9.17, 15) is 4.39 Å². The van der Waals surface area contributed by atoms with Gasteiger partial charge in [-0.1, -0.05) is 44.2 Å². The third kappa shape index (κ3) is 2.32. The number of hydrogen-bond donors (Lipinski definition) is 1. The lowest BCUT2D eigenvalue weighted by molar-refractivity contribution is -0.0109. The Morgan fingerprint density at radius 2 is 1.81 bits per heavy atom. The van der Waals surface area contributed by atoms with Crippen LogP contribution < -0.4 is 5.32 Å². The molecule has 0 spiro atoms. The minimum atomic E-state index is -0.230. The highest BCUT2D eigenvalue weighted by atomic mass is 19.1. The number of benzene rings is 2. The summed E-state index contributed by atoms with van der Waals surface area (Å²) in [7, 11) is 1.69. The van der Waals surface area contributed by atoms with Gasteiger partial charge in [0.1, 0.15) is 5.82 Å². The Morgan fingerprint density at radius 1 is 1.10 bits per heavy atom. The van der Waals surface area contributed by atoms with E-state index in [4.69, 9.17) is 4.74 Å². The van der Waals surface area contributed by atoms with E-state index in [1.54, 1.807) is 19.2 Å². The number of halogens is 1. The minimum Gasteiger partial charge on any atom is -0.377 e. The van der Waals surface area contributed by atoms with Gasteiger partial charge in [-0.05, 0) is 23.8 Å². The fraction of sp³-hybridized carbons (Fsp3) is 0.333. The second-order valence-electron chi connectivity index (χ2n) is 6.16. The normalized spacial score (nSPS) is 23.2. The molecule has 2 nitrogen and oxygen atoms in total. The second kappa shape index (κ2) is 5.15. The fourth-order valence-electron chi connectivity index (χ4n) is 3.36. The van der Waals surface area contributed by atoms with Crippen LogP contribution in [0.25, 0.3) is 0 Å². The van der Waals surface area contributed by atoms with E-state index in [2.05, 4.69) is 31.3 Å². The lowest BCUT2D eigenvalue weighted by atomic mass is 9.70. The average molecular weight is 285 g/mol. The molecule has 0 aromatic heterocycles. The Hall–Kier alpha value is -1.87. The average Bonchev–Trinajstić information content (AvgIpc) is 2.47. The van der Waals surface area contributed by atoms with Crippen molar-refractivity contribution in [2.45, 2.75) is 26.0 Å². The van der Waals surface area contributed by atoms with Crippen molar-refractivity contribution in [3.05, 3.63) is 65.5 Å². The molecule has 21 heavy (non-hydrogen) atoms. The topological polar surface area (TPSA) is 21.3 Å². The Kier molecular flexibility index (Phi) is 3.46. The van der Waals surface area contributed by atoms with Crippen molar-refractivity contribution in [2.75, 3.05) is 12.4 Å². The monoisotopic (exact) mass is 285 g/mol. The molecule has 1 heterocycles. The first-order chi connectivity index (χ1) is 10.0. The van der Waals surface area contributed by atoms with Gasteiger partial charge in [0, 0.05) is 23.8 Å². The maximum atomic E-state index is 13.6. The summed E-state index contributed by atoms with van der Waals surface area (Å²) in [5.74, 6) is -0.230. The summed E-state index contributed by atoms with van der Waals surface area (Å²) in [4.78, 5) is 0. The van der Waals surface area contributed by atoms with Gasteiger partial charge in [0.05, 0.1) is 12.1 Å². The fourth-order valence-corrected chi connectivity index (χ4v) is 3.36. The van der Waals surface area contributed by atoms with Crippen molar-refractivity contribution in [3.8, 4) is 0 Å². The number of methoxy groups -OCH3 is 1. The van der Waals surface area contributed by atoms with E-state index in [0.717, 1.165) is 11.3 Å². The molecule has 110 valence electrons. The number of rotatable bonds is 2. The summed E-state index contributed by atoms with van der Waals surface area (Å²) in [5, 5.41) is 3.55. The van der Waals surface area contributed by atoms with Gasteiger partial charge in [-0.2, -0.15) is 0 Å². The van der Waals surface area contributed by atoms with Crippen molar-refractivity contribution >= 4 is 5.69 Å². The highest BCUT2D eigenvalue weighted by molar-refractivity contribution is 5.58. The highest BCUT2D eigenvalue weighted by Crippen LogP contribution is 2.52. The molecule has 1 N–H and O–H groups in total. The van der Waals surface area contributed by atoms with Crippen LogP contribution in [0, 0.1) is 11.2 Å². The van der Waals surface area contributed by atoms with Gasteiger partial charge in [0.2, 0.25) is 0 Å². The van der Waals surface area contributed by atoms with E-state index in [0.29, 0.717) is 0 Å². The lowest BCUT2D eigenvalue weighted by Crippen LogP contribution is -2.39. The molecule has 0 saturated carbocycles. The van der Waals surface area contributed by atoms with Gasteiger partial charge in [-0.3, -0.25) is 0 Å². The first-order valence-electron chi connectivity index (χ1n) is 7.18. The number of anilines is 1. The van der Waals surface area contributed by atoms with Crippen molar-refractivity contribution in [1.29, 1.82) is 0 Å². The molecule has 0 amide bonds. The second-order valence-corrected chi connectivity index (χ2v) is 6.16. The molecule has 2 atom stereocenters. The summed E-state index contributed by atoms with van der Waals surface area (Å²) < 4.78 is 19.3. The van der Waals surface area contributed by atoms with Gasteiger partial charge in [-0.25, -0.2) is 4.39 Å². The molecular weight excluding hydrogens is 265 g/mol. The zero-order chi connectivity index (χ0) is 15.0. The standard InChI is InChI=1S/C18H20FNO/c1-18(2)16(12-7-5-4-6-8-12)20-15-10-9-13(19)11-14(15)17(18)21-3/h4-11,16-17,20H,1-3H3. The maximum absolute atomic E-state index is 13.6. The van der Waals surface area contributed by atoms with Crippen LogP contribution in [0.2, 0.25) is 0 Å². The SMILES string of the molecule is COC1c2cc(F)ccc2NC(c2ccccc2)C1(C)C.